The second kappa shape index (κ2) is 9.14. The fraction of sp³-hybridized carbons (Fsp3) is 0.208. The molecule has 158 valence electrons. The van der Waals surface area contributed by atoms with Crippen LogP contribution in [-0.2, 0) is 17.8 Å². The number of benzene rings is 2. The Bertz CT molecular complexity index is 1110. The predicted octanol–water partition coefficient (Wildman–Crippen LogP) is 4.05. The Kier molecular flexibility index (Phi) is 6.13. The highest BCUT2D eigenvalue weighted by Crippen LogP contribution is 2.26. The Morgan fingerprint density at radius 1 is 1.06 bits per heavy atom. The molecule has 0 saturated heterocycles. The third-order valence-corrected chi connectivity index (χ3v) is 6.16. The minimum atomic E-state index is -0.166. The number of carbonyl (C=O) groups is 3. The van der Waals surface area contributed by atoms with E-state index in [9.17, 15) is 14.4 Å². The first-order chi connectivity index (χ1) is 15.0. The van der Waals surface area contributed by atoms with Crippen LogP contribution in [0.5, 0.6) is 0 Å². The van der Waals surface area contributed by atoms with Gasteiger partial charge in [0.2, 0.25) is 5.91 Å². The Morgan fingerprint density at radius 3 is 2.61 bits per heavy atom. The maximum absolute atomic E-state index is 12.7. The van der Waals surface area contributed by atoms with Gasteiger partial charge in [-0.2, -0.15) is 0 Å². The summed E-state index contributed by atoms with van der Waals surface area (Å²) in [6.45, 7) is 2.34. The van der Waals surface area contributed by atoms with Crippen LogP contribution in [0.3, 0.4) is 0 Å². The van der Waals surface area contributed by atoms with Crippen LogP contribution in [0.1, 0.15) is 56.1 Å². The van der Waals surface area contributed by atoms with E-state index in [1.165, 1.54) is 11.3 Å². The fourth-order valence-corrected chi connectivity index (χ4v) is 4.13. The van der Waals surface area contributed by atoms with Gasteiger partial charge in [0.25, 0.3) is 11.8 Å². The second-order valence-corrected chi connectivity index (χ2v) is 8.46. The summed E-state index contributed by atoms with van der Waals surface area (Å²) in [6.07, 6.45) is 1.19. The molecule has 2 aromatic carbocycles. The summed E-state index contributed by atoms with van der Waals surface area (Å²) in [5, 5.41) is 10.6. The molecule has 1 unspecified atom stereocenters. The Labute approximate surface area is 184 Å². The molecule has 0 bridgehead atoms. The molecule has 3 aromatic rings. The number of anilines is 1. The zero-order valence-corrected chi connectivity index (χ0v) is 17.9. The molecule has 0 fully saturated rings. The van der Waals surface area contributed by atoms with Crippen molar-refractivity contribution in [2.45, 2.75) is 32.4 Å². The SMILES string of the molecule is CC(NC(=O)c1ccc(CNC(=O)c2cccs2)cc1)c1ccc2c(c1)CCC(=O)N2. The van der Waals surface area contributed by atoms with E-state index < -0.39 is 0 Å². The zero-order valence-electron chi connectivity index (χ0n) is 17.1. The fourth-order valence-electron chi connectivity index (χ4n) is 3.49. The first kappa shape index (κ1) is 20.8. The third-order valence-electron chi connectivity index (χ3n) is 5.29. The summed E-state index contributed by atoms with van der Waals surface area (Å²) in [4.78, 5) is 36.9. The molecule has 1 aliphatic rings. The van der Waals surface area contributed by atoms with Crippen molar-refractivity contribution < 1.29 is 14.4 Å². The average molecular weight is 434 g/mol. The van der Waals surface area contributed by atoms with Crippen molar-refractivity contribution in [2.75, 3.05) is 5.32 Å². The average Bonchev–Trinajstić information content (AvgIpc) is 3.32. The van der Waals surface area contributed by atoms with E-state index in [1.54, 1.807) is 18.2 Å². The van der Waals surface area contributed by atoms with Gasteiger partial charge in [-0.1, -0.05) is 30.3 Å². The largest absolute Gasteiger partial charge is 0.347 e. The summed E-state index contributed by atoms with van der Waals surface area (Å²) >= 11 is 1.40. The molecule has 4 rings (SSSR count). The van der Waals surface area contributed by atoms with E-state index in [0.717, 1.165) is 22.4 Å². The number of carbonyl (C=O) groups excluding carboxylic acids is 3. The van der Waals surface area contributed by atoms with E-state index in [0.29, 0.717) is 29.8 Å². The minimum Gasteiger partial charge on any atom is -0.347 e. The van der Waals surface area contributed by atoms with E-state index in [2.05, 4.69) is 16.0 Å². The maximum atomic E-state index is 12.7. The number of hydrogen-bond donors (Lipinski definition) is 3. The predicted molar refractivity (Wildman–Crippen MR) is 121 cm³/mol. The molecule has 2 heterocycles. The molecule has 1 aliphatic heterocycles. The summed E-state index contributed by atoms with van der Waals surface area (Å²) in [6, 6.07) is 16.5. The normalized spacial score (nSPS) is 13.6. The monoisotopic (exact) mass is 433 g/mol. The molecule has 1 aromatic heterocycles. The molecule has 3 N–H and O–H groups in total. The van der Waals surface area contributed by atoms with Gasteiger partial charge in [0.1, 0.15) is 0 Å². The molecule has 0 radical (unpaired) electrons. The van der Waals surface area contributed by atoms with Crippen molar-refractivity contribution in [2.24, 2.45) is 0 Å². The number of fused-ring (bicyclic) bond motifs is 1. The summed E-state index contributed by atoms with van der Waals surface area (Å²) in [5.74, 6) is -0.223. The van der Waals surface area contributed by atoms with Gasteiger partial charge in [-0.3, -0.25) is 14.4 Å². The molecule has 0 aliphatic carbocycles. The van der Waals surface area contributed by atoms with Crippen molar-refractivity contribution in [3.63, 3.8) is 0 Å². The molecular weight excluding hydrogens is 410 g/mol. The van der Waals surface area contributed by atoms with Crippen LogP contribution >= 0.6 is 11.3 Å². The highest BCUT2D eigenvalue weighted by Gasteiger charge is 2.17. The number of amides is 3. The lowest BCUT2D eigenvalue weighted by Crippen LogP contribution is -2.27. The number of rotatable bonds is 6. The van der Waals surface area contributed by atoms with Crippen molar-refractivity contribution in [3.05, 3.63) is 87.1 Å². The van der Waals surface area contributed by atoms with Gasteiger partial charge < -0.3 is 16.0 Å². The molecule has 6 nitrogen and oxygen atoms in total. The first-order valence-corrected chi connectivity index (χ1v) is 11.0. The van der Waals surface area contributed by atoms with Crippen LogP contribution in [0, 0.1) is 0 Å². The van der Waals surface area contributed by atoms with Crippen LogP contribution in [0.4, 0.5) is 5.69 Å². The Morgan fingerprint density at radius 2 is 1.87 bits per heavy atom. The molecule has 0 saturated carbocycles. The van der Waals surface area contributed by atoms with Crippen molar-refractivity contribution in [1.82, 2.24) is 10.6 Å². The summed E-state index contributed by atoms with van der Waals surface area (Å²) in [5.41, 5.74) is 4.42. The highest BCUT2D eigenvalue weighted by atomic mass is 32.1. The van der Waals surface area contributed by atoms with Gasteiger partial charge >= 0.3 is 0 Å². The summed E-state index contributed by atoms with van der Waals surface area (Å²) in [7, 11) is 0. The number of aryl methyl sites for hydroxylation is 1. The topological polar surface area (TPSA) is 87.3 Å². The number of nitrogens with one attached hydrogen (secondary N) is 3. The minimum absolute atomic E-state index is 0.0381. The van der Waals surface area contributed by atoms with Gasteiger partial charge in [-0.25, -0.2) is 0 Å². The quantitative estimate of drug-likeness (QED) is 0.548. The molecule has 0 spiro atoms. The number of hydrogen-bond acceptors (Lipinski definition) is 4. The molecular formula is C24H23N3O3S. The third kappa shape index (κ3) is 5.00. The first-order valence-electron chi connectivity index (χ1n) is 10.1. The van der Waals surface area contributed by atoms with Crippen LogP contribution in [0.15, 0.2) is 60.0 Å². The highest BCUT2D eigenvalue weighted by molar-refractivity contribution is 7.12. The lowest BCUT2D eigenvalue weighted by Gasteiger charge is -2.20. The number of thiophene rings is 1. The Hall–Kier alpha value is -3.45. The van der Waals surface area contributed by atoms with E-state index in [-0.39, 0.29) is 23.8 Å². The van der Waals surface area contributed by atoms with Gasteiger partial charge in [0, 0.05) is 24.2 Å². The van der Waals surface area contributed by atoms with E-state index in [4.69, 9.17) is 0 Å². The zero-order chi connectivity index (χ0) is 21.8. The van der Waals surface area contributed by atoms with Crippen molar-refractivity contribution in [3.8, 4) is 0 Å². The van der Waals surface area contributed by atoms with Gasteiger partial charge in [-0.15, -0.1) is 11.3 Å². The van der Waals surface area contributed by atoms with Crippen LogP contribution < -0.4 is 16.0 Å². The van der Waals surface area contributed by atoms with Gasteiger partial charge in [-0.05, 0) is 59.7 Å². The van der Waals surface area contributed by atoms with Crippen LogP contribution in [-0.4, -0.2) is 17.7 Å². The van der Waals surface area contributed by atoms with Crippen LogP contribution in [0.2, 0.25) is 0 Å². The molecule has 1 atom stereocenters. The second-order valence-electron chi connectivity index (χ2n) is 7.52. The van der Waals surface area contributed by atoms with E-state index in [1.807, 2.05) is 48.7 Å². The van der Waals surface area contributed by atoms with Crippen molar-refractivity contribution >= 4 is 34.7 Å². The lowest BCUT2D eigenvalue weighted by molar-refractivity contribution is -0.116. The van der Waals surface area contributed by atoms with Crippen LogP contribution in [0.25, 0.3) is 0 Å². The Balaban J connectivity index is 1.34. The van der Waals surface area contributed by atoms with E-state index >= 15 is 0 Å². The lowest BCUT2D eigenvalue weighted by atomic mass is 9.97. The summed E-state index contributed by atoms with van der Waals surface area (Å²) < 4.78 is 0. The van der Waals surface area contributed by atoms with Gasteiger partial charge in [0.15, 0.2) is 0 Å². The molecule has 7 heteroatoms. The molecule has 3 amide bonds. The molecule has 31 heavy (non-hydrogen) atoms. The van der Waals surface area contributed by atoms with Gasteiger partial charge in [0.05, 0.1) is 10.9 Å². The maximum Gasteiger partial charge on any atom is 0.261 e. The van der Waals surface area contributed by atoms with Crippen molar-refractivity contribution in [1.29, 1.82) is 0 Å². The standard InChI is InChI=1S/C24H23N3O3S/c1-15(18-8-10-20-19(13-18)9-11-22(28)27-20)26-23(29)17-6-4-16(5-7-17)14-25-24(30)21-3-2-12-31-21/h2-8,10,12-13,15H,9,11,14H2,1H3,(H,25,30)(H,26,29)(H,27,28). The smallest absolute Gasteiger partial charge is 0.261 e.